The Morgan fingerprint density at radius 3 is 2.68 bits per heavy atom. The molecule has 19 heavy (non-hydrogen) atoms. The summed E-state index contributed by atoms with van der Waals surface area (Å²) in [6.45, 7) is 0. The van der Waals surface area contributed by atoms with Crippen LogP contribution in [0.4, 0.5) is 0 Å². The van der Waals surface area contributed by atoms with E-state index < -0.39 is 0 Å². The molecule has 1 nitrogen and oxygen atoms in total. The summed E-state index contributed by atoms with van der Waals surface area (Å²) >= 11 is 5.17. The van der Waals surface area contributed by atoms with Gasteiger partial charge in [-0.05, 0) is 60.7 Å². The van der Waals surface area contributed by atoms with Gasteiger partial charge in [-0.15, -0.1) is 0 Å². The molecule has 0 aliphatic heterocycles. The fraction of sp³-hybridized carbons (Fsp3) is 0.188. The van der Waals surface area contributed by atoms with E-state index in [1.165, 1.54) is 35.3 Å². The van der Waals surface area contributed by atoms with Crippen molar-refractivity contribution in [2.45, 2.75) is 29.1 Å². The van der Waals surface area contributed by atoms with E-state index in [-0.39, 0.29) is 0 Å². The minimum Gasteiger partial charge on any atom is -0.192 e. The third-order valence-electron chi connectivity index (χ3n) is 3.31. The molecule has 0 saturated heterocycles. The first-order chi connectivity index (χ1) is 9.24. The van der Waals surface area contributed by atoms with Gasteiger partial charge in [0.25, 0.3) is 0 Å². The lowest BCUT2D eigenvalue weighted by molar-refractivity contribution is 0.911. The van der Waals surface area contributed by atoms with Crippen molar-refractivity contribution in [1.82, 2.24) is 0 Å². The molecule has 0 aromatic heterocycles. The van der Waals surface area contributed by atoms with E-state index in [1.807, 2.05) is 12.1 Å². The molecule has 3 heteroatoms. The standard InChI is InChI=1S/C16H12BrNS/c17-14-6-11(10-18)7-16(9-14)19-15-5-4-12-2-1-3-13(12)8-15/h4-9H,1-3H2. The lowest BCUT2D eigenvalue weighted by Gasteiger charge is -2.06. The van der Waals surface area contributed by atoms with Gasteiger partial charge < -0.3 is 0 Å². The van der Waals surface area contributed by atoms with E-state index in [2.05, 4.69) is 46.3 Å². The van der Waals surface area contributed by atoms with E-state index in [9.17, 15) is 0 Å². The summed E-state index contributed by atoms with van der Waals surface area (Å²) in [5, 5.41) is 9.00. The van der Waals surface area contributed by atoms with Gasteiger partial charge in [-0.25, -0.2) is 0 Å². The van der Waals surface area contributed by atoms with Crippen molar-refractivity contribution in [2.75, 3.05) is 0 Å². The fourth-order valence-corrected chi connectivity index (χ4v) is 4.06. The van der Waals surface area contributed by atoms with Crippen LogP contribution in [0.1, 0.15) is 23.1 Å². The minimum absolute atomic E-state index is 0.693. The number of hydrogen-bond donors (Lipinski definition) is 0. The highest BCUT2D eigenvalue weighted by molar-refractivity contribution is 9.10. The average molecular weight is 330 g/mol. The maximum atomic E-state index is 9.00. The van der Waals surface area contributed by atoms with Crippen molar-refractivity contribution in [3.8, 4) is 6.07 Å². The molecular formula is C16H12BrNS. The number of fused-ring (bicyclic) bond motifs is 1. The van der Waals surface area contributed by atoms with Crippen molar-refractivity contribution in [3.63, 3.8) is 0 Å². The van der Waals surface area contributed by atoms with Gasteiger partial charge in [0, 0.05) is 14.3 Å². The Hall–Kier alpha value is -1.24. The second-order valence-electron chi connectivity index (χ2n) is 4.67. The predicted octanol–water partition coefficient (Wildman–Crippen LogP) is 4.96. The quantitative estimate of drug-likeness (QED) is 0.777. The van der Waals surface area contributed by atoms with Gasteiger partial charge in [-0.3, -0.25) is 0 Å². The first-order valence-electron chi connectivity index (χ1n) is 6.25. The molecule has 0 heterocycles. The Bertz CT molecular complexity index is 673. The molecule has 0 amide bonds. The number of halogens is 1. The van der Waals surface area contributed by atoms with Crippen LogP contribution in [0.2, 0.25) is 0 Å². The Morgan fingerprint density at radius 1 is 1.00 bits per heavy atom. The fourth-order valence-electron chi connectivity index (χ4n) is 2.43. The summed E-state index contributed by atoms with van der Waals surface area (Å²) in [4.78, 5) is 2.35. The molecule has 0 spiro atoms. The van der Waals surface area contributed by atoms with Gasteiger partial charge in [0.15, 0.2) is 0 Å². The maximum absolute atomic E-state index is 9.00. The molecule has 0 radical (unpaired) electrons. The molecular weight excluding hydrogens is 318 g/mol. The highest BCUT2D eigenvalue weighted by Gasteiger charge is 2.11. The largest absolute Gasteiger partial charge is 0.192 e. The van der Waals surface area contributed by atoms with Crippen LogP contribution in [-0.4, -0.2) is 0 Å². The molecule has 0 unspecified atom stereocenters. The number of nitriles is 1. The highest BCUT2D eigenvalue weighted by atomic mass is 79.9. The molecule has 0 fully saturated rings. The molecule has 0 bridgehead atoms. The number of rotatable bonds is 2. The molecule has 0 saturated carbocycles. The van der Waals surface area contributed by atoms with Crippen LogP contribution in [0.5, 0.6) is 0 Å². The van der Waals surface area contributed by atoms with Crippen LogP contribution in [-0.2, 0) is 12.8 Å². The zero-order valence-electron chi connectivity index (χ0n) is 10.3. The number of hydrogen-bond acceptors (Lipinski definition) is 2. The van der Waals surface area contributed by atoms with Crippen molar-refractivity contribution < 1.29 is 0 Å². The van der Waals surface area contributed by atoms with Gasteiger partial charge in [-0.2, -0.15) is 5.26 Å². The van der Waals surface area contributed by atoms with Crippen LogP contribution in [0.25, 0.3) is 0 Å². The average Bonchev–Trinajstić information content (AvgIpc) is 2.85. The van der Waals surface area contributed by atoms with E-state index in [0.29, 0.717) is 5.56 Å². The third kappa shape index (κ3) is 2.86. The molecule has 0 N–H and O–H groups in total. The summed E-state index contributed by atoms with van der Waals surface area (Å²) in [6.07, 6.45) is 3.69. The van der Waals surface area contributed by atoms with Crippen molar-refractivity contribution in [2.24, 2.45) is 0 Å². The Morgan fingerprint density at radius 2 is 1.84 bits per heavy atom. The Balaban J connectivity index is 1.89. The molecule has 2 aromatic carbocycles. The maximum Gasteiger partial charge on any atom is 0.0992 e. The van der Waals surface area contributed by atoms with Gasteiger partial charge in [0.05, 0.1) is 11.6 Å². The van der Waals surface area contributed by atoms with Crippen LogP contribution < -0.4 is 0 Å². The normalized spacial score (nSPS) is 13.1. The zero-order valence-corrected chi connectivity index (χ0v) is 12.7. The van der Waals surface area contributed by atoms with E-state index >= 15 is 0 Å². The smallest absolute Gasteiger partial charge is 0.0992 e. The summed E-state index contributed by atoms with van der Waals surface area (Å²) in [5.74, 6) is 0. The van der Waals surface area contributed by atoms with Crippen LogP contribution >= 0.6 is 27.7 Å². The predicted molar refractivity (Wildman–Crippen MR) is 81.4 cm³/mol. The SMILES string of the molecule is N#Cc1cc(Br)cc(Sc2ccc3c(c2)CCC3)c1. The van der Waals surface area contributed by atoms with E-state index in [4.69, 9.17) is 5.26 Å². The summed E-state index contributed by atoms with van der Waals surface area (Å²) in [6, 6.07) is 14.7. The van der Waals surface area contributed by atoms with Gasteiger partial charge in [0.2, 0.25) is 0 Å². The lowest BCUT2D eigenvalue weighted by Crippen LogP contribution is -1.83. The lowest BCUT2D eigenvalue weighted by atomic mass is 10.1. The zero-order chi connectivity index (χ0) is 13.2. The molecule has 3 rings (SSSR count). The van der Waals surface area contributed by atoms with Crippen molar-refractivity contribution in [1.29, 1.82) is 5.26 Å². The first kappa shape index (κ1) is 12.8. The molecule has 1 aliphatic carbocycles. The van der Waals surface area contributed by atoms with Crippen LogP contribution in [0.15, 0.2) is 50.7 Å². The van der Waals surface area contributed by atoms with Crippen molar-refractivity contribution in [3.05, 3.63) is 57.6 Å². The topological polar surface area (TPSA) is 23.8 Å². The summed E-state index contributed by atoms with van der Waals surface area (Å²) in [7, 11) is 0. The molecule has 0 atom stereocenters. The molecule has 1 aliphatic rings. The van der Waals surface area contributed by atoms with Gasteiger partial charge in [-0.1, -0.05) is 33.8 Å². The van der Waals surface area contributed by atoms with E-state index in [1.54, 1.807) is 11.8 Å². The van der Waals surface area contributed by atoms with Gasteiger partial charge >= 0.3 is 0 Å². The Kier molecular flexibility index (Phi) is 3.63. The number of nitrogens with zero attached hydrogens (tertiary/aromatic N) is 1. The second-order valence-corrected chi connectivity index (χ2v) is 6.74. The minimum atomic E-state index is 0.693. The van der Waals surface area contributed by atoms with Crippen LogP contribution in [0, 0.1) is 11.3 Å². The first-order valence-corrected chi connectivity index (χ1v) is 7.86. The molecule has 94 valence electrons. The number of benzene rings is 2. The van der Waals surface area contributed by atoms with Crippen LogP contribution in [0.3, 0.4) is 0 Å². The van der Waals surface area contributed by atoms with Gasteiger partial charge in [0.1, 0.15) is 0 Å². The highest BCUT2D eigenvalue weighted by Crippen LogP contribution is 2.33. The third-order valence-corrected chi connectivity index (χ3v) is 4.72. The number of aryl methyl sites for hydroxylation is 2. The summed E-state index contributed by atoms with van der Waals surface area (Å²) < 4.78 is 0.954. The second kappa shape index (κ2) is 5.40. The summed E-state index contributed by atoms with van der Waals surface area (Å²) in [5.41, 5.74) is 3.68. The molecule has 2 aromatic rings. The van der Waals surface area contributed by atoms with Crippen molar-refractivity contribution >= 4 is 27.7 Å². The monoisotopic (exact) mass is 329 g/mol. The van der Waals surface area contributed by atoms with E-state index in [0.717, 1.165) is 9.37 Å². The Labute approximate surface area is 125 Å².